The molecule has 1 aliphatic heterocycles. The lowest BCUT2D eigenvalue weighted by Crippen LogP contribution is -2.44. The Morgan fingerprint density at radius 2 is 2.00 bits per heavy atom. The van der Waals surface area contributed by atoms with Crippen LogP contribution in [0.3, 0.4) is 0 Å². The molecule has 5 heteroatoms. The van der Waals surface area contributed by atoms with E-state index in [1.807, 2.05) is 30.1 Å². The number of benzene rings is 1. The number of rotatable bonds is 4. The van der Waals surface area contributed by atoms with Crippen molar-refractivity contribution in [3.63, 3.8) is 0 Å². The molecule has 0 atom stereocenters. The van der Waals surface area contributed by atoms with E-state index in [0.29, 0.717) is 0 Å². The molecule has 1 aliphatic rings. The van der Waals surface area contributed by atoms with Crippen molar-refractivity contribution >= 4 is 23.0 Å². The van der Waals surface area contributed by atoms with Gasteiger partial charge in [0.05, 0.1) is 13.2 Å². The number of nitrogens with zero attached hydrogens (tertiary/aromatic N) is 2. The fourth-order valence-electron chi connectivity index (χ4n) is 2.03. The molecule has 1 fully saturated rings. The van der Waals surface area contributed by atoms with E-state index in [0.717, 1.165) is 50.2 Å². The van der Waals surface area contributed by atoms with E-state index < -0.39 is 0 Å². The van der Waals surface area contributed by atoms with Crippen LogP contribution in [0.5, 0.6) is 0 Å². The molecule has 0 spiro atoms. The van der Waals surface area contributed by atoms with E-state index in [9.17, 15) is 0 Å². The molecule has 1 aromatic carbocycles. The summed E-state index contributed by atoms with van der Waals surface area (Å²) in [7, 11) is 1.99. The highest BCUT2D eigenvalue weighted by Gasteiger charge is 2.10. The molecular formula is C14H21N3OS. The maximum absolute atomic E-state index is 5.40. The Kier molecular flexibility index (Phi) is 5.57. The Balaban J connectivity index is 1.72. The van der Waals surface area contributed by atoms with Crippen LogP contribution < -0.4 is 10.2 Å². The molecule has 1 N–H and O–H groups in total. The molecule has 1 saturated heterocycles. The Morgan fingerprint density at radius 1 is 1.32 bits per heavy atom. The van der Waals surface area contributed by atoms with Gasteiger partial charge in [-0.25, -0.2) is 0 Å². The number of hydrogen-bond acceptors (Lipinski definition) is 3. The first-order valence-corrected chi connectivity index (χ1v) is 7.05. The highest BCUT2D eigenvalue weighted by molar-refractivity contribution is 7.80. The van der Waals surface area contributed by atoms with E-state index in [4.69, 9.17) is 17.0 Å². The standard InChI is InChI=1S/C14H21N3OS/c1-16(13-5-3-2-4-6-13)14(19)15-7-8-17-9-11-18-12-10-17/h2-6H,7-12H2,1H3,(H,15,19). The molecule has 4 nitrogen and oxygen atoms in total. The van der Waals surface area contributed by atoms with E-state index in [1.54, 1.807) is 0 Å². The normalized spacial score (nSPS) is 16.1. The highest BCUT2D eigenvalue weighted by atomic mass is 32.1. The zero-order chi connectivity index (χ0) is 13.5. The van der Waals surface area contributed by atoms with Crippen LogP contribution >= 0.6 is 12.2 Å². The van der Waals surface area contributed by atoms with Crippen LogP contribution in [0.25, 0.3) is 0 Å². The van der Waals surface area contributed by atoms with Gasteiger partial charge in [-0.2, -0.15) is 0 Å². The summed E-state index contributed by atoms with van der Waals surface area (Å²) < 4.78 is 5.33. The van der Waals surface area contributed by atoms with Gasteiger partial charge in [-0.05, 0) is 24.4 Å². The van der Waals surface area contributed by atoms with Crippen LogP contribution in [-0.2, 0) is 4.74 Å². The number of morpholine rings is 1. The van der Waals surface area contributed by atoms with Crippen molar-refractivity contribution in [2.24, 2.45) is 0 Å². The quantitative estimate of drug-likeness (QED) is 0.840. The molecule has 0 bridgehead atoms. The fraction of sp³-hybridized carbons (Fsp3) is 0.500. The molecular weight excluding hydrogens is 258 g/mol. The number of anilines is 1. The smallest absolute Gasteiger partial charge is 0.173 e. The second kappa shape index (κ2) is 7.43. The summed E-state index contributed by atoms with van der Waals surface area (Å²) in [6.45, 7) is 5.59. The summed E-state index contributed by atoms with van der Waals surface area (Å²) in [4.78, 5) is 4.39. The van der Waals surface area contributed by atoms with Gasteiger partial charge >= 0.3 is 0 Å². The Bertz CT molecular complexity index is 393. The van der Waals surface area contributed by atoms with Crippen LogP contribution in [0.4, 0.5) is 5.69 Å². The van der Waals surface area contributed by atoms with Crippen molar-refractivity contribution in [2.75, 3.05) is 51.3 Å². The van der Waals surface area contributed by atoms with Gasteiger partial charge < -0.3 is 15.0 Å². The first-order chi connectivity index (χ1) is 9.27. The monoisotopic (exact) mass is 279 g/mol. The van der Waals surface area contributed by atoms with Crippen LogP contribution in [0.15, 0.2) is 30.3 Å². The van der Waals surface area contributed by atoms with Gasteiger partial charge in [-0.3, -0.25) is 4.90 Å². The summed E-state index contributed by atoms with van der Waals surface area (Å²) >= 11 is 5.40. The van der Waals surface area contributed by atoms with Crippen molar-refractivity contribution in [1.82, 2.24) is 10.2 Å². The van der Waals surface area contributed by atoms with Crippen molar-refractivity contribution in [1.29, 1.82) is 0 Å². The first kappa shape index (κ1) is 14.2. The molecule has 104 valence electrons. The molecule has 0 aromatic heterocycles. The van der Waals surface area contributed by atoms with Gasteiger partial charge in [0.2, 0.25) is 0 Å². The lowest BCUT2D eigenvalue weighted by molar-refractivity contribution is 0.0389. The van der Waals surface area contributed by atoms with Crippen LogP contribution in [-0.4, -0.2) is 56.5 Å². The lowest BCUT2D eigenvalue weighted by Gasteiger charge is -2.27. The highest BCUT2D eigenvalue weighted by Crippen LogP contribution is 2.10. The largest absolute Gasteiger partial charge is 0.379 e. The van der Waals surface area contributed by atoms with Gasteiger partial charge in [0.25, 0.3) is 0 Å². The van der Waals surface area contributed by atoms with E-state index in [2.05, 4.69) is 22.3 Å². The van der Waals surface area contributed by atoms with E-state index >= 15 is 0 Å². The third-order valence-electron chi connectivity index (χ3n) is 3.26. The molecule has 0 radical (unpaired) electrons. The Labute approximate surface area is 120 Å². The number of thiocarbonyl (C=S) groups is 1. The zero-order valence-electron chi connectivity index (χ0n) is 11.3. The zero-order valence-corrected chi connectivity index (χ0v) is 12.2. The van der Waals surface area contributed by atoms with Gasteiger partial charge in [-0.15, -0.1) is 0 Å². The van der Waals surface area contributed by atoms with Gasteiger partial charge in [0.1, 0.15) is 0 Å². The predicted molar refractivity (Wildman–Crippen MR) is 82.7 cm³/mol. The first-order valence-electron chi connectivity index (χ1n) is 6.64. The molecule has 2 rings (SSSR count). The van der Waals surface area contributed by atoms with Crippen molar-refractivity contribution in [2.45, 2.75) is 0 Å². The second-order valence-electron chi connectivity index (χ2n) is 4.58. The van der Waals surface area contributed by atoms with Crippen LogP contribution in [0.1, 0.15) is 0 Å². The minimum absolute atomic E-state index is 0.763. The summed E-state index contributed by atoms with van der Waals surface area (Å²) in [5.74, 6) is 0. The summed E-state index contributed by atoms with van der Waals surface area (Å²) in [5, 5.41) is 4.07. The molecule has 19 heavy (non-hydrogen) atoms. The summed E-state index contributed by atoms with van der Waals surface area (Å²) in [6.07, 6.45) is 0. The fourth-order valence-corrected chi connectivity index (χ4v) is 2.24. The van der Waals surface area contributed by atoms with Crippen LogP contribution in [0, 0.1) is 0 Å². The molecule has 0 saturated carbocycles. The SMILES string of the molecule is CN(C(=S)NCCN1CCOCC1)c1ccccc1. The van der Waals surface area contributed by atoms with E-state index in [-0.39, 0.29) is 0 Å². The van der Waals surface area contributed by atoms with Gasteiger partial charge in [0, 0.05) is 38.9 Å². The van der Waals surface area contributed by atoms with Gasteiger partial charge in [0.15, 0.2) is 5.11 Å². The summed E-state index contributed by atoms with van der Waals surface area (Å²) in [6, 6.07) is 10.1. The molecule has 0 aliphatic carbocycles. The third kappa shape index (κ3) is 4.45. The Hall–Kier alpha value is -1.17. The van der Waals surface area contributed by atoms with Crippen molar-refractivity contribution < 1.29 is 4.74 Å². The topological polar surface area (TPSA) is 27.7 Å². The van der Waals surface area contributed by atoms with Crippen molar-refractivity contribution in [3.8, 4) is 0 Å². The second-order valence-corrected chi connectivity index (χ2v) is 4.97. The third-order valence-corrected chi connectivity index (χ3v) is 3.67. The number of nitrogens with one attached hydrogen (secondary N) is 1. The average Bonchev–Trinajstić information content (AvgIpc) is 2.48. The maximum atomic E-state index is 5.40. The van der Waals surface area contributed by atoms with Crippen molar-refractivity contribution in [3.05, 3.63) is 30.3 Å². The maximum Gasteiger partial charge on any atom is 0.173 e. The van der Waals surface area contributed by atoms with E-state index in [1.165, 1.54) is 0 Å². The minimum atomic E-state index is 0.763. The Morgan fingerprint density at radius 3 is 2.68 bits per heavy atom. The number of ether oxygens (including phenoxy) is 1. The molecule has 1 heterocycles. The number of para-hydroxylation sites is 1. The van der Waals surface area contributed by atoms with Crippen LogP contribution in [0.2, 0.25) is 0 Å². The lowest BCUT2D eigenvalue weighted by atomic mass is 10.3. The van der Waals surface area contributed by atoms with Gasteiger partial charge in [-0.1, -0.05) is 18.2 Å². The minimum Gasteiger partial charge on any atom is -0.379 e. The molecule has 0 unspecified atom stereocenters. The molecule has 1 aromatic rings. The predicted octanol–water partition coefficient (Wildman–Crippen LogP) is 1.33. The summed E-state index contributed by atoms with van der Waals surface area (Å²) in [5.41, 5.74) is 1.10. The number of hydrogen-bond donors (Lipinski definition) is 1. The average molecular weight is 279 g/mol. The molecule has 0 amide bonds.